The molecule has 0 atom stereocenters. The minimum atomic E-state index is 1.00. The first-order chi connectivity index (χ1) is 22.9. The summed E-state index contributed by atoms with van der Waals surface area (Å²) < 4.78 is 1.07. The van der Waals surface area contributed by atoms with Crippen molar-refractivity contribution in [3.05, 3.63) is 112 Å². The van der Waals surface area contributed by atoms with Gasteiger partial charge in [-0.25, -0.2) is 9.97 Å². The molecule has 6 aromatic rings. The van der Waals surface area contributed by atoms with Crippen molar-refractivity contribution in [2.24, 2.45) is 0 Å². The number of benzene rings is 2. The molecule has 2 aromatic carbocycles. The number of nitrogens with one attached hydrogen (secondary N) is 1. The quantitative estimate of drug-likeness (QED) is 0.160. The number of hydrogen-bond acceptors (Lipinski definition) is 8. The molecule has 0 unspecified atom stereocenters. The smallest absolute Gasteiger partial charge is 0.125 e. The first-order valence-corrected chi connectivity index (χ1v) is 18.5. The van der Waals surface area contributed by atoms with Gasteiger partial charge in [0.25, 0.3) is 0 Å². The van der Waals surface area contributed by atoms with Gasteiger partial charge in [-0.15, -0.1) is 22.7 Å². The van der Waals surface area contributed by atoms with Gasteiger partial charge in [0, 0.05) is 81.1 Å². The van der Waals surface area contributed by atoms with E-state index in [0.717, 1.165) is 68.7 Å². The van der Waals surface area contributed by atoms with Gasteiger partial charge in [-0.05, 0) is 88.3 Å². The molecule has 0 spiro atoms. The van der Waals surface area contributed by atoms with Gasteiger partial charge in [-0.2, -0.15) is 0 Å². The second-order valence-corrected chi connectivity index (χ2v) is 13.3. The number of thiazole rings is 2. The van der Waals surface area contributed by atoms with Crippen molar-refractivity contribution in [1.82, 2.24) is 25.3 Å². The van der Waals surface area contributed by atoms with Gasteiger partial charge in [-0.3, -0.25) is 9.97 Å². The van der Waals surface area contributed by atoms with E-state index < -0.39 is 0 Å². The Morgan fingerprint density at radius 2 is 1.19 bits per heavy atom. The number of halogens is 1. The van der Waals surface area contributed by atoms with Crippen LogP contribution >= 0.6 is 38.6 Å². The molecule has 0 saturated heterocycles. The van der Waals surface area contributed by atoms with E-state index in [1.54, 1.807) is 22.7 Å². The van der Waals surface area contributed by atoms with Crippen molar-refractivity contribution in [3.63, 3.8) is 0 Å². The summed E-state index contributed by atoms with van der Waals surface area (Å²) in [6.45, 7) is 17.0. The maximum absolute atomic E-state index is 4.82. The van der Waals surface area contributed by atoms with Gasteiger partial charge < -0.3 is 10.2 Å². The van der Waals surface area contributed by atoms with Crippen molar-refractivity contribution in [2.45, 2.75) is 41.5 Å². The monoisotopic (exact) mass is 726 g/mol. The van der Waals surface area contributed by atoms with Crippen molar-refractivity contribution in [1.29, 1.82) is 0 Å². The topological polar surface area (TPSA) is 66.8 Å². The number of rotatable bonds is 9. The van der Waals surface area contributed by atoms with Crippen LogP contribution in [0.25, 0.3) is 43.7 Å². The molecule has 0 aliphatic carbocycles. The Hall–Kier alpha value is -3.76. The van der Waals surface area contributed by atoms with Crippen molar-refractivity contribution in [3.8, 4) is 43.7 Å². The van der Waals surface area contributed by atoms with Crippen molar-refractivity contribution < 1.29 is 0 Å². The number of pyridine rings is 2. The van der Waals surface area contributed by atoms with Crippen LogP contribution in [0.4, 0.5) is 5.69 Å². The third kappa shape index (κ3) is 10.1. The van der Waals surface area contributed by atoms with Crippen LogP contribution < -0.4 is 10.2 Å². The van der Waals surface area contributed by atoms with E-state index in [1.807, 2.05) is 49.1 Å². The molecule has 1 N–H and O–H groups in total. The molecule has 47 heavy (non-hydrogen) atoms. The maximum atomic E-state index is 4.82. The molecule has 0 saturated carbocycles. The number of nitrogens with zero attached hydrogens (tertiary/aromatic N) is 5. The van der Waals surface area contributed by atoms with E-state index in [1.165, 1.54) is 22.4 Å². The molecule has 6 rings (SSSR count). The highest BCUT2D eigenvalue weighted by Crippen LogP contribution is 2.32. The van der Waals surface area contributed by atoms with Crippen LogP contribution in [0.3, 0.4) is 0 Å². The highest BCUT2D eigenvalue weighted by atomic mass is 79.9. The Morgan fingerprint density at radius 3 is 1.64 bits per heavy atom. The Bertz CT molecular complexity index is 1830. The van der Waals surface area contributed by atoms with Crippen LogP contribution in [-0.4, -0.2) is 46.1 Å². The van der Waals surface area contributed by atoms with Crippen LogP contribution in [0.1, 0.15) is 38.8 Å². The predicted molar refractivity (Wildman–Crippen MR) is 207 cm³/mol. The largest absolute Gasteiger partial charge is 0.372 e. The summed E-state index contributed by atoms with van der Waals surface area (Å²) in [7, 11) is 0. The average molecular weight is 728 g/mol. The zero-order chi connectivity index (χ0) is 33.6. The minimum Gasteiger partial charge on any atom is -0.372 e. The summed E-state index contributed by atoms with van der Waals surface area (Å²) in [5, 5.41) is 9.37. The summed E-state index contributed by atoms with van der Waals surface area (Å²) in [6, 6.07) is 20.8. The van der Waals surface area contributed by atoms with Crippen LogP contribution in [0.2, 0.25) is 0 Å². The fourth-order valence-electron chi connectivity index (χ4n) is 4.78. The van der Waals surface area contributed by atoms with Crippen molar-refractivity contribution >= 4 is 44.3 Å². The van der Waals surface area contributed by atoms with Gasteiger partial charge in [0.2, 0.25) is 0 Å². The second-order valence-electron chi connectivity index (χ2n) is 10.6. The van der Waals surface area contributed by atoms with Crippen molar-refractivity contribution in [2.75, 3.05) is 31.1 Å². The van der Waals surface area contributed by atoms with E-state index in [0.29, 0.717) is 0 Å². The van der Waals surface area contributed by atoms with E-state index in [-0.39, 0.29) is 0 Å². The summed E-state index contributed by atoms with van der Waals surface area (Å²) in [5.41, 5.74) is 10.2. The molecule has 0 radical (unpaired) electrons. The summed E-state index contributed by atoms with van der Waals surface area (Å²) >= 11 is 6.81. The molecule has 4 aromatic heterocycles. The molecular formula is C38H43BrN6S2. The zero-order valence-corrected chi connectivity index (χ0v) is 31.2. The van der Waals surface area contributed by atoms with Gasteiger partial charge in [0.15, 0.2) is 0 Å². The fraction of sp³-hybridized carbons (Fsp3) is 0.263. The number of anilines is 1. The Kier molecular flexibility index (Phi) is 14.2. The predicted octanol–water partition coefficient (Wildman–Crippen LogP) is 10.6. The van der Waals surface area contributed by atoms with E-state index in [4.69, 9.17) is 9.97 Å². The molecule has 4 heterocycles. The lowest BCUT2D eigenvalue weighted by molar-refractivity contribution is 0.762. The summed E-state index contributed by atoms with van der Waals surface area (Å²) in [4.78, 5) is 20.3. The zero-order valence-electron chi connectivity index (χ0n) is 28.0. The number of aryl methyl sites for hydroxylation is 2. The van der Waals surface area contributed by atoms with Crippen LogP contribution in [0.5, 0.6) is 0 Å². The highest BCUT2D eigenvalue weighted by molar-refractivity contribution is 9.10. The molecule has 0 fully saturated rings. The number of aromatic nitrogens is 4. The first kappa shape index (κ1) is 36.1. The standard InChI is InChI=1S/C19H21N3S.C15H11BrN2S.C4H11N/c1-4-22(5-2)16-8-6-7-15(11-16)18-13-23-19(21-18)17-12-20-10-9-14(17)3;1-10-5-6-17-8-13(10)15-18-14(9-19-15)11-3-2-4-12(16)7-11;1-3-5-4-2/h6-13H,4-5H2,1-3H3;2-9H,1H3;5H,3-4H2,1-2H3. The molecule has 0 bridgehead atoms. The van der Waals surface area contributed by atoms with E-state index in [2.05, 4.69) is 125 Å². The number of hydrogen-bond donors (Lipinski definition) is 1. The molecular weight excluding hydrogens is 684 g/mol. The molecule has 0 aliphatic heterocycles. The van der Waals surface area contributed by atoms with Gasteiger partial charge in [0.1, 0.15) is 10.0 Å². The minimum absolute atomic E-state index is 1.00. The van der Waals surface area contributed by atoms with Gasteiger partial charge in [0.05, 0.1) is 11.4 Å². The molecule has 9 heteroatoms. The third-order valence-corrected chi connectivity index (χ3v) is 9.68. The Balaban J connectivity index is 0.000000189. The van der Waals surface area contributed by atoms with Gasteiger partial charge in [-0.1, -0.05) is 54.0 Å². The van der Waals surface area contributed by atoms with E-state index >= 15 is 0 Å². The van der Waals surface area contributed by atoms with E-state index in [9.17, 15) is 0 Å². The lowest BCUT2D eigenvalue weighted by Crippen LogP contribution is -2.21. The van der Waals surface area contributed by atoms with Crippen LogP contribution in [0.15, 0.2) is 101 Å². The van der Waals surface area contributed by atoms with Gasteiger partial charge >= 0.3 is 0 Å². The van der Waals surface area contributed by atoms with Crippen LogP contribution in [0, 0.1) is 13.8 Å². The molecule has 0 aliphatic rings. The summed E-state index contributed by atoms with van der Waals surface area (Å²) in [5.74, 6) is 0. The lowest BCUT2D eigenvalue weighted by Gasteiger charge is -2.21. The molecule has 6 nitrogen and oxygen atoms in total. The van der Waals surface area contributed by atoms with Crippen LogP contribution in [-0.2, 0) is 0 Å². The highest BCUT2D eigenvalue weighted by Gasteiger charge is 2.11. The SMILES string of the molecule is CCN(CC)c1cccc(-c2csc(-c3cnccc3C)n2)c1.CCNCC.Cc1ccncc1-c1nc(-c2cccc(Br)c2)cs1. The second kappa shape index (κ2) is 18.5. The average Bonchev–Trinajstić information content (AvgIpc) is 3.78. The Labute approximate surface area is 296 Å². The third-order valence-electron chi connectivity index (χ3n) is 7.44. The molecule has 244 valence electrons. The fourth-order valence-corrected chi connectivity index (χ4v) is 6.99. The normalized spacial score (nSPS) is 10.4. The molecule has 0 amide bonds. The maximum Gasteiger partial charge on any atom is 0.125 e. The summed E-state index contributed by atoms with van der Waals surface area (Å²) in [6.07, 6.45) is 7.39. The lowest BCUT2D eigenvalue weighted by atomic mass is 10.1. The Morgan fingerprint density at radius 1 is 0.681 bits per heavy atom. The first-order valence-electron chi connectivity index (χ1n) is 15.9.